The van der Waals surface area contributed by atoms with E-state index in [2.05, 4.69) is 10.1 Å². The van der Waals surface area contributed by atoms with Crippen LogP contribution in [-0.2, 0) is 6.42 Å². The molecule has 2 N–H and O–H groups in total. The molecule has 0 spiro atoms. The van der Waals surface area contributed by atoms with Gasteiger partial charge in [0, 0.05) is 23.6 Å². The molecule has 0 radical (unpaired) electrons. The number of hydrogen-bond acceptors (Lipinski definition) is 4. The van der Waals surface area contributed by atoms with Gasteiger partial charge in [-0.05, 0) is 30.7 Å². The second-order valence-electron chi connectivity index (χ2n) is 3.51. The van der Waals surface area contributed by atoms with Crippen molar-refractivity contribution in [1.29, 1.82) is 0 Å². The van der Waals surface area contributed by atoms with Crippen LogP contribution in [0.4, 0.5) is 0 Å². The summed E-state index contributed by atoms with van der Waals surface area (Å²) >= 11 is 5.88. The fraction of sp³-hybridized carbons (Fsp3) is 0.273. The molecule has 0 bridgehead atoms. The molecule has 16 heavy (non-hydrogen) atoms. The number of benzene rings is 1. The van der Waals surface area contributed by atoms with E-state index in [4.69, 9.17) is 21.9 Å². The van der Waals surface area contributed by atoms with Gasteiger partial charge in [0.15, 0.2) is 0 Å². The largest absolute Gasteiger partial charge is 0.339 e. The van der Waals surface area contributed by atoms with Crippen LogP contribution in [0.25, 0.3) is 11.4 Å². The average Bonchev–Trinajstić information content (AvgIpc) is 2.67. The van der Waals surface area contributed by atoms with Gasteiger partial charge in [-0.3, -0.25) is 0 Å². The average molecular weight is 238 g/mol. The van der Waals surface area contributed by atoms with Crippen LogP contribution in [0.2, 0.25) is 5.02 Å². The number of aromatic nitrogens is 2. The topological polar surface area (TPSA) is 64.9 Å². The predicted octanol–water partition coefficient (Wildman–Crippen LogP) is 2.20. The van der Waals surface area contributed by atoms with E-state index in [1.54, 1.807) is 0 Å². The highest BCUT2D eigenvalue weighted by Gasteiger charge is 2.10. The van der Waals surface area contributed by atoms with Crippen molar-refractivity contribution in [3.63, 3.8) is 0 Å². The van der Waals surface area contributed by atoms with E-state index in [-0.39, 0.29) is 0 Å². The molecule has 0 aliphatic carbocycles. The molecule has 0 aliphatic heterocycles. The highest BCUT2D eigenvalue weighted by molar-refractivity contribution is 6.30. The molecule has 1 aromatic heterocycles. The predicted molar refractivity (Wildman–Crippen MR) is 62.2 cm³/mol. The number of halogens is 1. The Labute approximate surface area is 98.4 Å². The van der Waals surface area contributed by atoms with Gasteiger partial charge in [-0.15, -0.1) is 0 Å². The van der Waals surface area contributed by atoms with E-state index in [0.29, 0.717) is 29.7 Å². The Kier molecular flexibility index (Phi) is 3.22. The van der Waals surface area contributed by atoms with Crippen molar-refractivity contribution in [3.05, 3.63) is 34.7 Å². The van der Waals surface area contributed by atoms with E-state index >= 15 is 0 Å². The fourth-order valence-electron chi connectivity index (χ4n) is 1.47. The lowest BCUT2D eigenvalue weighted by Crippen LogP contribution is -2.02. The van der Waals surface area contributed by atoms with Crippen molar-refractivity contribution in [1.82, 2.24) is 10.1 Å². The molecule has 1 heterocycles. The van der Waals surface area contributed by atoms with Crippen LogP contribution < -0.4 is 5.73 Å². The van der Waals surface area contributed by atoms with Gasteiger partial charge in [-0.2, -0.15) is 4.98 Å². The van der Waals surface area contributed by atoms with Crippen molar-refractivity contribution >= 4 is 11.6 Å². The fourth-order valence-corrected chi connectivity index (χ4v) is 1.69. The van der Waals surface area contributed by atoms with Crippen molar-refractivity contribution in [2.24, 2.45) is 5.73 Å². The third-order valence-electron chi connectivity index (χ3n) is 2.26. The number of nitrogens with two attached hydrogens (primary N) is 1. The third kappa shape index (κ3) is 2.23. The van der Waals surface area contributed by atoms with Gasteiger partial charge in [0.1, 0.15) is 0 Å². The van der Waals surface area contributed by atoms with Crippen LogP contribution in [0.15, 0.2) is 22.7 Å². The molecular formula is C11H12ClN3O. The normalized spacial score (nSPS) is 10.7. The summed E-state index contributed by atoms with van der Waals surface area (Å²) in [7, 11) is 0. The molecule has 0 amide bonds. The van der Waals surface area contributed by atoms with Crippen LogP contribution in [-0.4, -0.2) is 16.7 Å². The number of hydrogen-bond donors (Lipinski definition) is 1. The van der Waals surface area contributed by atoms with E-state index in [9.17, 15) is 0 Å². The van der Waals surface area contributed by atoms with Crippen LogP contribution in [0.1, 0.15) is 11.5 Å². The molecule has 0 saturated heterocycles. The third-order valence-corrected chi connectivity index (χ3v) is 2.49. The Morgan fingerprint density at radius 3 is 2.94 bits per heavy atom. The summed E-state index contributed by atoms with van der Waals surface area (Å²) in [5.41, 5.74) is 7.36. The molecule has 84 valence electrons. The molecule has 0 aliphatic rings. The van der Waals surface area contributed by atoms with Gasteiger partial charge in [-0.1, -0.05) is 16.8 Å². The highest BCUT2D eigenvalue weighted by atomic mass is 35.5. The lowest BCUT2D eigenvalue weighted by molar-refractivity contribution is 0.380. The second-order valence-corrected chi connectivity index (χ2v) is 3.95. The number of aryl methyl sites for hydroxylation is 1. The van der Waals surface area contributed by atoms with Crippen LogP contribution in [0.3, 0.4) is 0 Å². The quantitative estimate of drug-likeness (QED) is 0.889. The maximum absolute atomic E-state index is 5.88. The minimum Gasteiger partial charge on any atom is -0.339 e. The van der Waals surface area contributed by atoms with E-state index in [1.807, 2.05) is 25.1 Å². The Morgan fingerprint density at radius 1 is 1.44 bits per heavy atom. The van der Waals surface area contributed by atoms with Crippen molar-refractivity contribution in [2.75, 3.05) is 6.54 Å². The zero-order chi connectivity index (χ0) is 11.5. The molecule has 4 nitrogen and oxygen atoms in total. The van der Waals surface area contributed by atoms with Crippen molar-refractivity contribution in [2.45, 2.75) is 13.3 Å². The summed E-state index contributed by atoms with van der Waals surface area (Å²) in [4.78, 5) is 4.26. The maximum Gasteiger partial charge on any atom is 0.228 e. The number of rotatable bonds is 3. The van der Waals surface area contributed by atoms with Gasteiger partial charge in [0.05, 0.1) is 0 Å². The first-order chi connectivity index (χ1) is 7.70. The maximum atomic E-state index is 5.88. The van der Waals surface area contributed by atoms with Crippen molar-refractivity contribution in [3.8, 4) is 11.4 Å². The number of nitrogens with zero attached hydrogens (tertiary/aromatic N) is 2. The molecule has 0 atom stereocenters. The van der Waals surface area contributed by atoms with E-state index < -0.39 is 0 Å². The Balaban J connectivity index is 2.35. The lowest BCUT2D eigenvalue weighted by Gasteiger charge is -2.00. The van der Waals surface area contributed by atoms with E-state index in [1.165, 1.54) is 0 Å². The first-order valence-corrected chi connectivity index (χ1v) is 5.37. The monoisotopic (exact) mass is 237 g/mol. The summed E-state index contributed by atoms with van der Waals surface area (Å²) in [5, 5.41) is 4.61. The van der Waals surface area contributed by atoms with Crippen LogP contribution in [0.5, 0.6) is 0 Å². The van der Waals surface area contributed by atoms with Gasteiger partial charge in [0.2, 0.25) is 11.7 Å². The summed E-state index contributed by atoms with van der Waals surface area (Å²) in [6.45, 7) is 2.46. The lowest BCUT2D eigenvalue weighted by atomic mass is 10.1. The molecule has 0 saturated carbocycles. The molecule has 0 fully saturated rings. The smallest absolute Gasteiger partial charge is 0.228 e. The standard InChI is InChI=1S/C11H12ClN3O/c1-7-6-8(12)2-3-9(7)11-14-10(4-5-13)16-15-11/h2-3,6H,4-5,13H2,1H3. The van der Waals surface area contributed by atoms with Gasteiger partial charge < -0.3 is 10.3 Å². The molecule has 5 heteroatoms. The Morgan fingerprint density at radius 2 is 2.25 bits per heavy atom. The molecule has 1 aromatic carbocycles. The molecule has 2 rings (SSSR count). The molecule has 2 aromatic rings. The summed E-state index contributed by atoms with van der Waals surface area (Å²) < 4.78 is 5.07. The van der Waals surface area contributed by atoms with Crippen LogP contribution in [0, 0.1) is 6.92 Å². The summed E-state index contributed by atoms with van der Waals surface area (Å²) in [5.74, 6) is 1.14. The molecular weight excluding hydrogens is 226 g/mol. The summed E-state index contributed by atoms with van der Waals surface area (Å²) in [6.07, 6.45) is 0.597. The minimum atomic E-state index is 0.501. The van der Waals surface area contributed by atoms with Gasteiger partial charge in [-0.25, -0.2) is 0 Å². The Hall–Kier alpha value is -1.39. The van der Waals surface area contributed by atoms with Crippen molar-refractivity contribution < 1.29 is 4.52 Å². The SMILES string of the molecule is Cc1cc(Cl)ccc1-c1noc(CCN)n1. The minimum absolute atomic E-state index is 0.501. The van der Waals surface area contributed by atoms with Gasteiger partial charge >= 0.3 is 0 Å². The van der Waals surface area contributed by atoms with E-state index in [0.717, 1.165) is 11.1 Å². The second kappa shape index (κ2) is 4.63. The van der Waals surface area contributed by atoms with Crippen LogP contribution >= 0.6 is 11.6 Å². The first-order valence-electron chi connectivity index (χ1n) is 5.00. The van der Waals surface area contributed by atoms with Gasteiger partial charge in [0.25, 0.3) is 0 Å². The first kappa shape index (κ1) is 11.1. The highest BCUT2D eigenvalue weighted by Crippen LogP contribution is 2.23. The Bertz CT molecular complexity index is 496. The summed E-state index contributed by atoms with van der Waals surface area (Å²) in [6, 6.07) is 5.56. The zero-order valence-electron chi connectivity index (χ0n) is 8.90. The zero-order valence-corrected chi connectivity index (χ0v) is 9.66. The molecule has 0 unspecified atom stereocenters.